The van der Waals surface area contributed by atoms with Gasteiger partial charge in [-0.25, -0.2) is 14.4 Å². The number of rotatable bonds is 4. The highest BCUT2D eigenvalue weighted by atomic mass is 19.1. The average molecular weight is 281 g/mol. The molecular weight excluding hydrogens is 269 g/mol. The number of anilines is 2. The second-order valence-corrected chi connectivity index (χ2v) is 4.50. The number of carbonyl (C=O) groups excluding carboxylic acids is 1. The van der Waals surface area contributed by atoms with Crippen molar-refractivity contribution in [2.45, 2.75) is 0 Å². The van der Waals surface area contributed by atoms with E-state index < -0.39 is 12.5 Å². The van der Waals surface area contributed by atoms with E-state index >= 15 is 0 Å². The van der Waals surface area contributed by atoms with Gasteiger partial charge >= 0.3 is 0 Å². The van der Waals surface area contributed by atoms with Crippen LogP contribution < -0.4 is 5.32 Å². The number of nitrogens with one attached hydrogen (secondary N) is 1. The van der Waals surface area contributed by atoms with Crippen LogP contribution in [0, 0.1) is 0 Å². The van der Waals surface area contributed by atoms with Crippen LogP contribution in [0.4, 0.5) is 15.9 Å². The average Bonchev–Trinajstić information content (AvgIpc) is 2.55. The van der Waals surface area contributed by atoms with Gasteiger partial charge in [-0.15, -0.1) is 0 Å². The number of hydrogen-bond donors (Lipinski definition) is 1. The van der Waals surface area contributed by atoms with E-state index in [1.54, 1.807) is 18.2 Å². The molecule has 3 rings (SSSR count). The Balaban J connectivity index is 2.02. The van der Waals surface area contributed by atoms with Gasteiger partial charge in [-0.3, -0.25) is 4.79 Å². The maximum Gasteiger partial charge on any atom is 0.193 e. The molecule has 1 N–H and O–H groups in total. The number of ketones is 1. The number of fused-ring (bicyclic) bond motifs is 1. The van der Waals surface area contributed by atoms with Gasteiger partial charge in [-0.1, -0.05) is 24.3 Å². The van der Waals surface area contributed by atoms with Crippen LogP contribution in [-0.4, -0.2) is 22.4 Å². The predicted molar refractivity (Wildman–Crippen MR) is 79.6 cm³/mol. The van der Waals surface area contributed by atoms with Gasteiger partial charge in [0.25, 0.3) is 0 Å². The lowest BCUT2D eigenvalue weighted by Crippen LogP contribution is -2.02. The first-order chi connectivity index (χ1) is 10.3. The molecule has 0 amide bonds. The van der Waals surface area contributed by atoms with E-state index in [1.165, 1.54) is 6.33 Å². The second kappa shape index (κ2) is 5.66. The highest BCUT2D eigenvalue weighted by molar-refractivity contribution is 6.01. The Kier molecular flexibility index (Phi) is 3.55. The van der Waals surface area contributed by atoms with Crippen molar-refractivity contribution in [2.75, 3.05) is 12.0 Å². The first-order valence-corrected chi connectivity index (χ1v) is 6.44. The van der Waals surface area contributed by atoms with Crippen LogP contribution in [0.15, 0.2) is 54.9 Å². The van der Waals surface area contributed by atoms with Crippen molar-refractivity contribution in [1.29, 1.82) is 0 Å². The van der Waals surface area contributed by atoms with E-state index in [-0.39, 0.29) is 0 Å². The lowest BCUT2D eigenvalue weighted by Gasteiger charge is -2.08. The Hall–Kier alpha value is -2.82. The Morgan fingerprint density at radius 3 is 2.67 bits per heavy atom. The minimum Gasteiger partial charge on any atom is -0.340 e. The maximum atomic E-state index is 12.4. The highest BCUT2D eigenvalue weighted by Crippen LogP contribution is 2.23. The number of hydrogen-bond acceptors (Lipinski definition) is 4. The summed E-state index contributed by atoms with van der Waals surface area (Å²) in [5.41, 5.74) is 1.82. The third kappa shape index (κ3) is 2.72. The zero-order valence-electron chi connectivity index (χ0n) is 11.1. The SMILES string of the molecule is O=C(CF)c1ccc2c(Nc3ccccc3)ncnc2c1. The lowest BCUT2D eigenvalue weighted by atomic mass is 10.1. The lowest BCUT2D eigenvalue weighted by molar-refractivity contribution is 0.0959. The molecule has 3 aromatic rings. The minimum absolute atomic E-state index is 0.314. The summed E-state index contributed by atoms with van der Waals surface area (Å²) in [7, 11) is 0. The maximum absolute atomic E-state index is 12.4. The van der Waals surface area contributed by atoms with Crippen molar-refractivity contribution in [3.05, 3.63) is 60.4 Å². The number of alkyl halides is 1. The summed E-state index contributed by atoms with van der Waals surface area (Å²) in [6.07, 6.45) is 1.41. The van der Waals surface area contributed by atoms with E-state index in [0.29, 0.717) is 16.9 Å². The smallest absolute Gasteiger partial charge is 0.193 e. The molecule has 5 heteroatoms. The standard InChI is InChI=1S/C16H12FN3O/c17-9-15(21)11-6-7-13-14(8-11)18-10-19-16(13)20-12-4-2-1-3-5-12/h1-8,10H,9H2,(H,18,19,20). The van der Waals surface area contributed by atoms with E-state index in [2.05, 4.69) is 15.3 Å². The monoisotopic (exact) mass is 281 g/mol. The normalized spacial score (nSPS) is 10.5. The summed E-state index contributed by atoms with van der Waals surface area (Å²) in [5.74, 6) is 0.0959. The number of nitrogens with zero attached hydrogens (tertiary/aromatic N) is 2. The Morgan fingerprint density at radius 1 is 1.10 bits per heavy atom. The van der Waals surface area contributed by atoms with Gasteiger partial charge in [-0.2, -0.15) is 0 Å². The number of aromatic nitrogens is 2. The molecule has 0 aliphatic heterocycles. The van der Waals surface area contributed by atoms with Gasteiger partial charge in [0.05, 0.1) is 5.52 Å². The molecule has 104 valence electrons. The molecule has 1 aromatic heterocycles. The highest BCUT2D eigenvalue weighted by Gasteiger charge is 2.09. The van der Waals surface area contributed by atoms with Gasteiger partial charge < -0.3 is 5.32 Å². The van der Waals surface area contributed by atoms with Gasteiger partial charge in [0.1, 0.15) is 12.1 Å². The number of halogens is 1. The number of Topliss-reactive ketones (excluding diaryl/α,β-unsaturated/α-hetero) is 1. The summed E-state index contributed by atoms with van der Waals surface area (Å²) in [4.78, 5) is 19.7. The van der Waals surface area contributed by atoms with Crippen molar-refractivity contribution in [1.82, 2.24) is 9.97 Å². The van der Waals surface area contributed by atoms with Crippen molar-refractivity contribution < 1.29 is 9.18 Å². The molecule has 0 unspecified atom stereocenters. The second-order valence-electron chi connectivity index (χ2n) is 4.50. The molecule has 0 fully saturated rings. The fourth-order valence-electron chi connectivity index (χ4n) is 2.07. The van der Waals surface area contributed by atoms with Crippen LogP contribution in [0.2, 0.25) is 0 Å². The van der Waals surface area contributed by atoms with Crippen LogP contribution >= 0.6 is 0 Å². The van der Waals surface area contributed by atoms with Gasteiger partial charge in [0.15, 0.2) is 12.5 Å². The molecule has 2 aromatic carbocycles. The van der Waals surface area contributed by atoms with E-state index in [4.69, 9.17) is 0 Å². The van der Waals surface area contributed by atoms with Crippen LogP contribution in [0.3, 0.4) is 0 Å². The minimum atomic E-state index is -1.01. The molecular formula is C16H12FN3O. The Labute approximate surface area is 120 Å². The predicted octanol–water partition coefficient (Wildman–Crippen LogP) is 3.53. The van der Waals surface area contributed by atoms with Gasteiger partial charge in [0, 0.05) is 16.6 Å². The summed E-state index contributed by atoms with van der Waals surface area (Å²) >= 11 is 0. The fraction of sp³-hybridized carbons (Fsp3) is 0.0625. The van der Waals surface area contributed by atoms with Crippen LogP contribution in [0.25, 0.3) is 10.9 Å². The van der Waals surface area contributed by atoms with E-state index in [9.17, 15) is 9.18 Å². The molecule has 1 heterocycles. The quantitative estimate of drug-likeness (QED) is 0.743. The first kappa shape index (κ1) is 13.2. The topological polar surface area (TPSA) is 54.9 Å². The molecule has 0 saturated carbocycles. The van der Waals surface area contributed by atoms with E-state index in [0.717, 1.165) is 11.1 Å². The molecule has 0 aliphatic rings. The van der Waals surface area contributed by atoms with Crippen LogP contribution in [0.1, 0.15) is 10.4 Å². The third-order valence-corrected chi connectivity index (χ3v) is 3.12. The first-order valence-electron chi connectivity index (χ1n) is 6.44. The van der Waals surface area contributed by atoms with Crippen molar-refractivity contribution in [3.8, 4) is 0 Å². The zero-order chi connectivity index (χ0) is 14.7. The number of carbonyl (C=O) groups is 1. The van der Waals surface area contributed by atoms with E-state index in [1.807, 2.05) is 30.3 Å². The van der Waals surface area contributed by atoms with Crippen molar-refractivity contribution in [3.63, 3.8) is 0 Å². The Bertz CT molecular complexity index is 790. The summed E-state index contributed by atoms with van der Waals surface area (Å²) in [6, 6.07) is 14.5. The summed E-state index contributed by atoms with van der Waals surface area (Å²) in [6.45, 7) is -1.01. The molecule has 0 saturated heterocycles. The summed E-state index contributed by atoms with van der Waals surface area (Å²) < 4.78 is 12.4. The van der Waals surface area contributed by atoms with Crippen molar-refractivity contribution >= 4 is 28.2 Å². The van der Waals surface area contributed by atoms with Crippen molar-refractivity contribution in [2.24, 2.45) is 0 Å². The molecule has 4 nitrogen and oxygen atoms in total. The number of benzene rings is 2. The molecule has 0 bridgehead atoms. The molecule has 0 radical (unpaired) electrons. The third-order valence-electron chi connectivity index (χ3n) is 3.12. The summed E-state index contributed by atoms with van der Waals surface area (Å²) in [5, 5.41) is 3.97. The number of para-hydroxylation sites is 1. The Morgan fingerprint density at radius 2 is 1.90 bits per heavy atom. The molecule has 0 spiro atoms. The molecule has 21 heavy (non-hydrogen) atoms. The fourth-order valence-corrected chi connectivity index (χ4v) is 2.07. The van der Waals surface area contributed by atoms with Gasteiger partial charge in [-0.05, 0) is 24.3 Å². The van der Waals surface area contributed by atoms with Crippen LogP contribution in [-0.2, 0) is 0 Å². The van der Waals surface area contributed by atoms with Gasteiger partial charge in [0.2, 0.25) is 0 Å². The molecule has 0 aliphatic carbocycles. The van der Waals surface area contributed by atoms with Crippen LogP contribution in [0.5, 0.6) is 0 Å². The zero-order valence-corrected chi connectivity index (χ0v) is 11.1. The molecule has 0 atom stereocenters. The largest absolute Gasteiger partial charge is 0.340 e.